The van der Waals surface area contributed by atoms with Crippen LogP contribution in [-0.4, -0.2) is 26.4 Å². The van der Waals surface area contributed by atoms with E-state index in [0.717, 1.165) is 11.1 Å². The Kier molecular flexibility index (Phi) is 3.90. The molecule has 2 rings (SSSR count). The van der Waals surface area contributed by atoms with E-state index in [2.05, 4.69) is 0 Å². The van der Waals surface area contributed by atoms with Gasteiger partial charge in [0.1, 0.15) is 0 Å². The van der Waals surface area contributed by atoms with Crippen LogP contribution in [-0.2, 0) is 20.8 Å². The lowest BCUT2D eigenvalue weighted by Crippen LogP contribution is -2.21. The summed E-state index contributed by atoms with van der Waals surface area (Å²) < 4.78 is 16.3. The molecule has 2 atom stereocenters. The molecule has 1 aliphatic heterocycles. The van der Waals surface area contributed by atoms with E-state index in [-0.39, 0.29) is 12.4 Å². The first kappa shape index (κ1) is 11.5. The molecule has 16 heavy (non-hydrogen) atoms. The van der Waals surface area contributed by atoms with Crippen molar-refractivity contribution in [2.75, 3.05) is 20.3 Å². The topological polar surface area (TPSA) is 53.7 Å². The van der Waals surface area contributed by atoms with Gasteiger partial charge in [-0.2, -0.15) is 0 Å². The van der Waals surface area contributed by atoms with Crippen LogP contribution in [0.1, 0.15) is 17.4 Å². The number of methoxy groups -OCH3 is 1. The van der Waals surface area contributed by atoms with Gasteiger partial charge < -0.3 is 19.9 Å². The monoisotopic (exact) mass is 223 g/mol. The van der Waals surface area contributed by atoms with Gasteiger partial charge in [-0.25, -0.2) is 0 Å². The second-order valence-electron chi connectivity index (χ2n) is 3.84. The Balaban J connectivity index is 2.06. The highest BCUT2D eigenvalue weighted by atomic mass is 16.7. The smallest absolute Gasteiger partial charge is 0.184 e. The van der Waals surface area contributed by atoms with Crippen molar-refractivity contribution < 1.29 is 14.2 Å². The Labute approximate surface area is 95.3 Å². The van der Waals surface area contributed by atoms with E-state index in [1.807, 2.05) is 24.3 Å². The van der Waals surface area contributed by atoms with Gasteiger partial charge >= 0.3 is 0 Å². The Hall–Kier alpha value is -0.940. The first-order valence-corrected chi connectivity index (χ1v) is 5.38. The minimum Gasteiger partial charge on any atom is -0.380 e. The van der Waals surface area contributed by atoms with Gasteiger partial charge in [0.2, 0.25) is 0 Å². The second kappa shape index (κ2) is 5.41. The van der Waals surface area contributed by atoms with Crippen LogP contribution in [0.15, 0.2) is 24.3 Å². The fourth-order valence-corrected chi connectivity index (χ4v) is 1.74. The molecule has 1 saturated heterocycles. The van der Waals surface area contributed by atoms with Crippen LogP contribution in [0.4, 0.5) is 0 Å². The third-order valence-corrected chi connectivity index (χ3v) is 2.55. The van der Waals surface area contributed by atoms with E-state index in [4.69, 9.17) is 19.9 Å². The van der Waals surface area contributed by atoms with E-state index >= 15 is 0 Å². The molecule has 1 aromatic carbocycles. The highest BCUT2D eigenvalue weighted by Crippen LogP contribution is 2.27. The van der Waals surface area contributed by atoms with E-state index in [1.54, 1.807) is 7.11 Å². The zero-order valence-corrected chi connectivity index (χ0v) is 9.39. The fraction of sp³-hybridized carbons (Fsp3) is 0.500. The largest absolute Gasteiger partial charge is 0.380 e. The molecule has 0 saturated carbocycles. The van der Waals surface area contributed by atoms with E-state index < -0.39 is 0 Å². The van der Waals surface area contributed by atoms with Crippen LogP contribution in [0.25, 0.3) is 0 Å². The minimum atomic E-state index is -0.287. The minimum absolute atomic E-state index is 0.0103. The van der Waals surface area contributed by atoms with Gasteiger partial charge in [0.25, 0.3) is 0 Å². The van der Waals surface area contributed by atoms with Crippen molar-refractivity contribution in [2.24, 2.45) is 5.73 Å². The standard InChI is InChI=1S/C12H17NO3/c1-14-7-9-3-2-4-10(5-9)12-15-8-11(6-13)16-12/h2-5,11-12H,6-8,13H2,1H3. The molecule has 0 aliphatic carbocycles. The van der Waals surface area contributed by atoms with Gasteiger partial charge in [-0.1, -0.05) is 18.2 Å². The predicted molar refractivity (Wildman–Crippen MR) is 59.8 cm³/mol. The van der Waals surface area contributed by atoms with Crippen molar-refractivity contribution in [1.29, 1.82) is 0 Å². The first-order valence-electron chi connectivity index (χ1n) is 5.38. The molecule has 4 heteroatoms. The summed E-state index contributed by atoms with van der Waals surface area (Å²) in [4.78, 5) is 0. The lowest BCUT2D eigenvalue weighted by molar-refractivity contribution is -0.0586. The molecule has 1 aromatic rings. The summed E-state index contributed by atoms with van der Waals surface area (Å²) in [6, 6.07) is 8.02. The van der Waals surface area contributed by atoms with Crippen LogP contribution >= 0.6 is 0 Å². The fourth-order valence-electron chi connectivity index (χ4n) is 1.74. The van der Waals surface area contributed by atoms with Gasteiger partial charge in [-0.15, -0.1) is 0 Å². The Morgan fingerprint density at radius 1 is 1.50 bits per heavy atom. The Morgan fingerprint density at radius 2 is 2.38 bits per heavy atom. The van der Waals surface area contributed by atoms with Crippen molar-refractivity contribution in [2.45, 2.75) is 19.0 Å². The molecule has 1 aliphatic rings. The summed E-state index contributed by atoms with van der Waals surface area (Å²) in [6.45, 7) is 1.66. The van der Waals surface area contributed by atoms with Crippen LogP contribution in [0.5, 0.6) is 0 Å². The average Bonchev–Trinajstić information content (AvgIpc) is 2.78. The average molecular weight is 223 g/mol. The molecule has 0 aromatic heterocycles. The second-order valence-corrected chi connectivity index (χ2v) is 3.84. The molecule has 1 heterocycles. The van der Waals surface area contributed by atoms with Crippen molar-refractivity contribution in [3.05, 3.63) is 35.4 Å². The van der Waals surface area contributed by atoms with E-state index in [0.29, 0.717) is 19.8 Å². The molecule has 4 nitrogen and oxygen atoms in total. The number of hydrogen-bond acceptors (Lipinski definition) is 4. The number of benzene rings is 1. The quantitative estimate of drug-likeness (QED) is 0.833. The number of rotatable bonds is 4. The molecular weight excluding hydrogens is 206 g/mol. The van der Waals surface area contributed by atoms with Crippen LogP contribution in [0, 0.1) is 0 Å². The normalized spacial score (nSPS) is 24.9. The third-order valence-electron chi connectivity index (χ3n) is 2.55. The van der Waals surface area contributed by atoms with Crippen LogP contribution in [0.2, 0.25) is 0 Å². The number of hydrogen-bond donors (Lipinski definition) is 1. The maximum atomic E-state index is 5.64. The highest BCUT2D eigenvalue weighted by Gasteiger charge is 2.26. The molecule has 2 N–H and O–H groups in total. The summed E-state index contributed by atoms with van der Waals surface area (Å²) in [6.07, 6.45) is -0.276. The van der Waals surface area contributed by atoms with Gasteiger partial charge in [0, 0.05) is 19.2 Å². The summed E-state index contributed by atoms with van der Waals surface area (Å²) in [5, 5.41) is 0. The summed E-state index contributed by atoms with van der Waals surface area (Å²) in [5.41, 5.74) is 7.66. The Morgan fingerprint density at radius 3 is 3.06 bits per heavy atom. The van der Waals surface area contributed by atoms with Crippen LogP contribution < -0.4 is 5.73 Å². The van der Waals surface area contributed by atoms with Crippen molar-refractivity contribution in [3.8, 4) is 0 Å². The van der Waals surface area contributed by atoms with Crippen LogP contribution in [0.3, 0.4) is 0 Å². The molecule has 0 bridgehead atoms. The molecular formula is C12H17NO3. The third kappa shape index (κ3) is 2.59. The maximum absolute atomic E-state index is 5.64. The van der Waals surface area contributed by atoms with Crippen molar-refractivity contribution >= 4 is 0 Å². The van der Waals surface area contributed by atoms with Gasteiger partial charge in [0.05, 0.1) is 19.3 Å². The molecule has 0 radical (unpaired) electrons. The molecule has 0 amide bonds. The number of nitrogens with two attached hydrogens (primary N) is 1. The van der Waals surface area contributed by atoms with Crippen molar-refractivity contribution in [3.63, 3.8) is 0 Å². The van der Waals surface area contributed by atoms with E-state index in [9.17, 15) is 0 Å². The molecule has 0 spiro atoms. The highest BCUT2D eigenvalue weighted by molar-refractivity contribution is 5.24. The van der Waals surface area contributed by atoms with Gasteiger partial charge in [0.15, 0.2) is 6.29 Å². The SMILES string of the molecule is COCc1cccc(C2OCC(CN)O2)c1. The lowest BCUT2D eigenvalue weighted by Gasteiger charge is -2.11. The number of ether oxygens (including phenoxy) is 3. The van der Waals surface area contributed by atoms with Gasteiger partial charge in [-0.3, -0.25) is 0 Å². The summed E-state index contributed by atoms with van der Waals surface area (Å²) in [7, 11) is 1.68. The molecule has 2 unspecified atom stereocenters. The van der Waals surface area contributed by atoms with Gasteiger partial charge in [-0.05, 0) is 11.6 Å². The zero-order chi connectivity index (χ0) is 11.4. The van der Waals surface area contributed by atoms with Crippen molar-refractivity contribution in [1.82, 2.24) is 0 Å². The first-order chi connectivity index (χ1) is 7.83. The molecule has 88 valence electrons. The predicted octanol–water partition coefficient (Wildman–Crippen LogP) is 1.21. The summed E-state index contributed by atoms with van der Waals surface area (Å²) >= 11 is 0. The molecule has 1 fully saturated rings. The van der Waals surface area contributed by atoms with E-state index in [1.165, 1.54) is 0 Å². The Bertz CT molecular complexity index is 343. The lowest BCUT2D eigenvalue weighted by atomic mass is 10.1. The maximum Gasteiger partial charge on any atom is 0.184 e. The summed E-state index contributed by atoms with van der Waals surface area (Å²) in [5.74, 6) is 0. The zero-order valence-electron chi connectivity index (χ0n) is 9.39.